The monoisotopic (exact) mass is 299 g/mol. The van der Waals surface area contributed by atoms with Crippen LogP contribution in [0.5, 0.6) is 0 Å². The number of hydrogen-bond acceptors (Lipinski definition) is 1. The average molecular weight is 300 g/mol. The first kappa shape index (κ1) is 16.1. The Kier molecular flexibility index (Phi) is 4.64. The summed E-state index contributed by atoms with van der Waals surface area (Å²) in [6, 6.07) is 9.29. The Morgan fingerprint density at radius 3 is 2.41 bits per heavy atom. The van der Waals surface area contributed by atoms with Gasteiger partial charge in [0.1, 0.15) is 0 Å². The Balaban J connectivity index is 1.95. The van der Waals surface area contributed by atoms with Crippen LogP contribution in [0.15, 0.2) is 24.3 Å². The lowest BCUT2D eigenvalue weighted by Crippen LogP contribution is -2.38. The lowest BCUT2D eigenvalue weighted by Gasteiger charge is -2.42. The molecule has 2 saturated carbocycles. The molecule has 22 heavy (non-hydrogen) atoms. The Morgan fingerprint density at radius 2 is 1.73 bits per heavy atom. The van der Waals surface area contributed by atoms with Crippen LogP contribution in [0, 0.1) is 5.41 Å². The van der Waals surface area contributed by atoms with Crippen LogP contribution < -0.4 is 5.73 Å². The minimum atomic E-state index is 0.260. The third kappa shape index (κ3) is 3.11. The third-order valence-electron chi connectivity index (χ3n) is 6.38. The molecular weight excluding hydrogens is 266 g/mol. The summed E-state index contributed by atoms with van der Waals surface area (Å²) in [5.41, 5.74) is 10.3. The highest BCUT2D eigenvalue weighted by molar-refractivity contribution is 5.38. The Bertz CT molecular complexity index is 496. The molecule has 1 nitrogen and oxygen atoms in total. The van der Waals surface area contributed by atoms with E-state index >= 15 is 0 Å². The third-order valence-corrected chi connectivity index (χ3v) is 6.38. The molecule has 1 unspecified atom stereocenters. The smallest absolute Gasteiger partial charge is 0.00783 e. The van der Waals surface area contributed by atoms with Crippen molar-refractivity contribution in [3.63, 3.8) is 0 Å². The molecular formula is C21H33N. The van der Waals surface area contributed by atoms with Crippen LogP contribution in [0.3, 0.4) is 0 Å². The van der Waals surface area contributed by atoms with E-state index in [-0.39, 0.29) is 5.41 Å². The second-order valence-corrected chi connectivity index (χ2v) is 8.59. The largest absolute Gasteiger partial charge is 0.330 e. The highest BCUT2D eigenvalue weighted by Crippen LogP contribution is 2.48. The summed E-state index contributed by atoms with van der Waals surface area (Å²) in [5, 5.41) is 0. The van der Waals surface area contributed by atoms with Gasteiger partial charge < -0.3 is 5.73 Å². The van der Waals surface area contributed by atoms with E-state index in [0.717, 1.165) is 12.5 Å². The molecule has 0 bridgehead atoms. The molecule has 1 atom stereocenters. The summed E-state index contributed by atoms with van der Waals surface area (Å²) in [6.45, 7) is 5.71. The highest BCUT2D eigenvalue weighted by atomic mass is 14.6. The molecule has 3 rings (SSSR count). The Hall–Kier alpha value is -0.820. The van der Waals surface area contributed by atoms with Crippen LogP contribution in [0.2, 0.25) is 0 Å². The van der Waals surface area contributed by atoms with Gasteiger partial charge in [-0.2, -0.15) is 0 Å². The maximum atomic E-state index is 6.32. The number of benzene rings is 1. The summed E-state index contributed by atoms with van der Waals surface area (Å²) in [7, 11) is 0. The van der Waals surface area contributed by atoms with Crippen LogP contribution in [-0.2, 0) is 5.41 Å². The molecule has 0 amide bonds. The van der Waals surface area contributed by atoms with Crippen LogP contribution in [0.1, 0.15) is 88.7 Å². The fourth-order valence-electron chi connectivity index (χ4n) is 5.11. The molecule has 1 aromatic rings. The maximum Gasteiger partial charge on any atom is 0.00783 e. The molecule has 0 heterocycles. The van der Waals surface area contributed by atoms with Gasteiger partial charge in [0.05, 0.1) is 0 Å². The van der Waals surface area contributed by atoms with E-state index in [2.05, 4.69) is 38.1 Å². The predicted molar refractivity (Wildman–Crippen MR) is 95.2 cm³/mol. The van der Waals surface area contributed by atoms with E-state index in [4.69, 9.17) is 5.73 Å². The number of rotatable bonds is 3. The Labute approximate surface area is 136 Å². The van der Waals surface area contributed by atoms with E-state index in [9.17, 15) is 0 Å². The van der Waals surface area contributed by atoms with Gasteiger partial charge in [-0.3, -0.25) is 0 Å². The van der Waals surface area contributed by atoms with E-state index in [0.29, 0.717) is 5.41 Å². The van der Waals surface area contributed by atoms with Crippen molar-refractivity contribution >= 4 is 0 Å². The molecule has 0 saturated heterocycles. The normalized spacial score (nSPS) is 27.5. The topological polar surface area (TPSA) is 26.0 Å². The minimum Gasteiger partial charge on any atom is -0.330 e. The molecule has 1 aromatic carbocycles. The summed E-state index contributed by atoms with van der Waals surface area (Å²) in [4.78, 5) is 0. The standard InChI is InChI=1S/C21H33N/c1-20(2)12-8-9-17(15-20)18-10-4-5-11-19(18)21(16-22)13-6-3-7-14-21/h4-5,10-11,17H,3,6-9,12-16,22H2,1-2H3. The molecule has 2 N–H and O–H groups in total. The maximum absolute atomic E-state index is 6.32. The summed E-state index contributed by atoms with van der Waals surface area (Å²) < 4.78 is 0. The minimum absolute atomic E-state index is 0.260. The zero-order valence-corrected chi connectivity index (χ0v) is 14.5. The molecule has 0 radical (unpaired) electrons. The fraction of sp³-hybridized carbons (Fsp3) is 0.714. The second-order valence-electron chi connectivity index (χ2n) is 8.59. The molecule has 0 aliphatic heterocycles. The lowest BCUT2D eigenvalue weighted by atomic mass is 9.64. The fourth-order valence-corrected chi connectivity index (χ4v) is 5.11. The van der Waals surface area contributed by atoms with Crippen LogP contribution in [0.4, 0.5) is 0 Å². The highest BCUT2D eigenvalue weighted by Gasteiger charge is 2.37. The van der Waals surface area contributed by atoms with E-state index in [1.165, 1.54) is 57.8 Å². The van der Waals surface area contributed by atoms with Crippen LogP contribution in [0.25, 0.3) is 0 Å². The van der Waals surface area contributed by atoms with Gasteiger partial charge in [0, 0.05) is 12.0 Å². The average Bonchev–Trinajstić information content (AvgIpc) is 2.54. The van der Waals surface area contributed by atoms with E-state index in [1.54, 1.807) is 11.1 Å². The second kappa shape index (κ2) is 6.35. The van der Waals surface area contributed by atoms with Gasteiger partial charge in [0.15, 0.2) is 0 Å². The van der Waals surface area contributed by atoms with Gasteiger partial charge in [-0.25, -0.2) is 0 Å². The first-order valence-corrected chi connectivity index (χ1v) is 9.36. The van der Waals surface area contributed by atoms with Crippen LogP contribution >= 0.6 is 0 Å². The van der Waals surface area contributed by atoms with Gasteiger partial charge >= 0.3 is 0 Å². The molecule has 2 fully saturated rings. The summed E-state index contributed by atoms with van der Waals surface area (Å²) >= 11 is 0. The van der Waals surface area contributed by atoms with Gasteiger partial charge in [0.2, 0.25) is 0 Å². The van der Waals surface area contributed by atoms with E-state index < -0.39 is 0 Å². The van der Waals surface area contributed by atoms with Crippen molar-refractivity contribution in [2.75, 3.05) is 6.54 Å². The van der Waals surface area contributed by atoms with Crippen molar-refractivity contribution in [3.8, 4) is 0 Å². The zero-order chi connectivity index (χ0) is 15.6. The van der Waals surface area contributed by atoms with Gasteiger partial charge in [-0.1, -0.05) is 63.8 Å². The Morgan fingerprint density at radius 1 is 1.00 bits per heavy atom. The number of hydrogen-bond donors (Lipinski definition) is 1. The predicted octanol–water partition coefficient (Wildman–Crippen LogP) is 5.53. The van der Waals surface area contributed by atoms with E-state index in [1.807, 2.05) is 0 Å². The van der Waals surface area contributed by atoms with Crippen molar-refractivity contribution in [2.45, 2.75) is 83.0 Å². The lowest BCUT2D eigenvalue weighted by molar-refractivity contribution is 0.216. The molecule has 122 valence electrons. The van der Waals surface area contributed by atoms with Gasteiger partial charge in [-0.05, 0) is 54.6 Å². The van der Waals surface area contributed by atoms with Crippen molar-refractivity contribution < 1.29 is 0 Å². The SMILES string of the molecule is CC1(C)CCCC(c2ccccc2C2(CN)CCCCC2)C1. The summed E-state index contributed by atoms with van der Waals surface area (Å²) in [5.74, 6) is 0.741. The number of nitrogens with two attached hydrogens (primary N) is 1. The quantitative estimate of drug-likeness (QED) is 0.780. The van der Waals surface area contributed by atoms with Crippen molar-refractivity contribution in [3.05, 3.63) is 35.4 Å². The van der Waals surface area contributed by atoms with Crippen LogP contribution in [-0.4, -0.2) is 6.54 Å². The first-order chi connectivity index (χ1) is 10.6. The first-order valence-electron chi connectivity index (χ1n) is 9.36. The van der Waals surface area contributed by atoms with Gasteiger partial charge in [0.25, 0.3) is 0 Å². The molecule has 1 heteroatoms. The van der Waals surface area contributed by atoms with Crippen molar-refractivity contribution in [2.24, 2.45) is 11.1 Å². The van der Waals surface area contributed by atoms with Crippen molar-refractivity contribution in [1.82, 2.24) is 0 Å². The summed E-state index contributed by atoms with van der Waals surface area (Å²) in [6.07, 6.45) is 12.1. The molecule has 0 aromatic heterocycles. The molecule has 0 spiro atoms. The van der Waals surface area contributed by atoms with Crippen molar-refractivity contribution in [1.29, 1.82) is 0 Å². The van der Waals surface area contributed by atoms with Gasteiger partial charge in [-0.15, -0.1) is 0 Å². The zero-order valence-electron chi connectivity index (χ0n) is 14.5. The molecule has 2 aliphatic rings. The molecule has 2 aliphatic carbocycles.